The van der Waals surface area contributed by atoms with E-state index < -0.39 is 5.60 Å². The van der Waals surface area contributed by atoms with Gasteiger partial charge in [0.15, 0.2) is 0 Å². The number of carbonyl (C=O) groups excluding carboxylic acids is 1. The van der Waals surface area contributed by atoms with Gasteiger partial charge in [-0.1, -0.05) is 17.9 Å². The van der Waals surface area contributed by atoms with Crippen molar-refractivity contribution in [3.05, 3.63) is 47.3 Å². The molecular formula is C21H20N2O3. The first-order valence-electron chi connectivity index (χ1n) is 8.73. The molecule has 0 atom stereocenters. The van der Waals surface area contributed by atoms with Crippen LogP contribution in [0.3, 0.4) is 0 Å². The highest BCUT2D eigenvalue weighted by Gasteiger charge is 2.30. The molecule has 0 unspecified atom stereocenters. The van der Waals surface area contributed by atoms with Crippen LogP contribution in [0.1, 0.15) is 42.5 Å². The molecule has 5 nitrogen and oxygen atoms in total. The van der Waals surface area contributed by atoms with Crippen LogP contribution in [0, 0.1) is 11.8 Å². The molecule has 2 aliphatic rings. The Kier molecular flexibility index (Phi) is 4.06. The van der Waals surface area contributed by atoms with Gasteiger partial charge in [0.1, 0.15) is 11.4 Å². The Balaban J connectivity index is 1.79. The molecule has 2 aromatic rings. The number of benzene rings is 1. The van der Waals surface area contributed by atoms with Crippen molar-refractivity contribution in [3.8, 4) is 17.6 Å². The predicted octanol–water partition coefficient (Wildman–Crippen LogP) is 3.17. The fourth-order valence-corrected chi connectivity index (χ4v) is 3.56. The summed E-state index contributed by atoms with van der Waals surface area (Å²) in [6.07, 6.45) is 6.94. The summed E-state index contributed by atoms with van der Waals surface area (Å²) >= 11 is 0. The van der Waals surface area contributed by atoms with Crippen LogP contribution in [-0.2, 0) is 4.79 Å². The highest BCUT2D eigenvalue weighted by atomic mass is 16.5. The molecule has 1 aliphatic carbocycles. The smallest absolute Gasteiger partial charge is 0.256 e. The molecule has 0 radical (unpaired) electrons. The summed E-state index contributed by atoms with van der Waals surface area (Å²) in [4.78, 5) is 15.6. The number of hydrogen-bond acceptors (Lipinski definition) is 3. The maximum atomic E-state index is 12.5. The van der Waals surface area contributed by atoms with Crippen molar-refractivity contribution < 1.29 is 14.6 Å². The van der Waals surface area contributed by atoms with E-state index in [1.807, 2.05) is 24.3 Å². The molecule has 1 amide bonds. The van der Waals surface area contributed by atoms with Gasteiger partial charge in [-0.25, -0.2) is 0 Å². The molecular weight excluding hydrogens is 328 g/mol. The minimum atomic E-state index is -0.911. The number of nitrogens with one attached hydrogen (secondary N) is 2. The molecule has 5 heteroatoms. The third-order valence-electron chi connectivity index (χ3n) is 4.93. The summed E-state index contributed by atoms with van der Waals surface area (Å²) in [6, 6.07) is 7.40. The lowest BCUT2D eigenvalue weighted by molar-refractivity contribution is -0.110. The highest BCUT2D eigenvalue weighted by molar-refractivity contribution is 6.35. The molecule has 0 bridgehead atoms. The van der Waals surface area contributed by atoms with Crippen molar-refractivity contribution in [3.63, 3.8) is 0 Å². The van der Waals surface area contributed by atoms with Crippen LogP contribution in [0.4, 0.5) is 5.69 Å². The molecule has 1 saturated carbocycles. The predicted molar refractivity (Wildman–Crippen MR) is 101 cm³/mol. The number of aliphatic hydroxyl groups is 1. The minimum absolute atomic E-state index is 0.175. The van der Waals surface area contributed by atoms with Crippen LogP contribution in [0.2, 0.25) is 0 Å². The average molecular weight is 348 g/mol. The van der Waals surface area contributed by atoms with Gasteiger partial charge in [0.25, 0.3) is 5.91 Å². The summed E-state index contributed by atoms with van der Waals surface area (Å²) in [5, 5.41) is 13.4. The third-order valence-corrected chi connectivity index (χ3v) is 4.93. The SMILES string of the molecule is COc1cc[nH]c1/C=C1\C(=O)Nc2cccc(C#CC3(O)CCCC3)c21. The van der Waals surface area contributed by atoms with Gasteiger partial charge in [-0.3, -0.25) is 4.79 Å². The largest absolute Gasteiger partial charge is 0.495 e. The van der Waals surface area contributed by atoms with Crippen molar-refractivity contribution in [2.45, 2.75) is 31.3 Å². The lowest BCUT2D eigenvalue weighted by Crippen LogP contribution is -2.20. The van der Waals surface area contributed by atoms with Crippen molar-refractivity contribution in [1.29, 1.82) is 0 Å². The number of ether oxygens (including phenoxy) is 1. The minimum Gasteiger partial charge on any atom is -0.495 e. The fraction of sp³-hybridized carbons (Fsp3) is 0.286. The van der Waals surface area contributed by atoms with Crippen LogP contribution in [-0.4, -0.2) is 28.7 Å². The van der Waals surface area contributed by atoms with E-state index in [1.54, 1.807) is 19.4 Å². The number of rotatable bonds is 2. The summed E-state index contributed by atoms with van der Waals surface area (Å²) in [5.41, 5.74) is 2.58. The van der Waals surface area contributed by atoms with Crippen LogP contribution in [0.25, 0.3) is 11.6 Å². The normalized spacial score (nSPS) is 19.0. The van der Waals surface area contributed by atoms with E-state index >= 15 is 0 Å². The van der Waals surface area contributed by atoms with E-state index in [0.29, 0.717) is 24.2 Å². The van der Waals surface area contributed by atoms with Crippen LogP contribution in [0.5, 0.6) is 5.75 Å². The van der Waals surface area contributed by atoms with Gasteiger partial charge in [0.2, 0.25) is 0 Å². The van der Waals surface area contributed by atoms with Crippen LogP contribution >= 0.6 is 0 Å². The number of H-pyrrole nitrogens is 1. The quantitative estimate of drug-likeness (QED) is 0.576. The first kappa shape index (κ1) is 16.5. The molecule has 1 aromatic carbocycles. The van der Waals surface area contributed by atoms with E-state index in [9.17, 15) is 9.90 Å². The number of amides is 1. The number of carbonyl (C=O) groups is 1. The summed E-state index contributed by atoms with van der Waals surface area (Å²) < 4.78 is 5.31. The summed E-state index contributed by atoms with van der Waals surface area (Å²) in [5.74, 6) is 6.63. The maximum Gasteiger partial charge on any atom is 0.256 e. The zero-order chi connectivity index (χ0) is 18.1. The van der Waals surface area contributed by atoms with Crippen molar-refractivity contribution in [2.24, 2.45) is 0 Å². The summed E-state index contributed by atoms with van der Waals surface area (Å²) in [6.45, 7) is 0. The topological polar surface area (TPSA) is 74.4 Å². The molecule has 26 heavy (non-hydrogen) atoms. The first-order valence-corrected chi connectivity index (χ1v) is 8.73. The van der Waals surface area contributed by atoms with Crippen molar-refractivity contribution in [1.82, 2.24) is 4.98 Å². The molecule has 3 N–H and O–H groups in total. The molecule has 0 saturated heterocycles. The highest BCUT2D eigenvalue weighted by Crippen LogP contribution is 2.37. The van der Waals surface area contributed by atoms with Gasteiger partial charge >= 0.3 is 0 Å². The Morgan fingerprint density at radius 2 is 2.08 bits per heavy atom. The second kappa shape index (κ2) is 6.40. The fourth-order valence-electron chi connectivity index (χ4n) is 3.56. The third kappa shape index (κ3) is 2.89. The van der Waals surface area contributed by atoms with Crippen molar-refractivity contribution in [2.75, 3.05) is 12.4 Å². The van der Waals surface area contributed by atoms with Crippen LogP contribution < -0.4 is 10.1 Å². The zero-order valence-electron chi connectivity index (χ0n) is 14.6. The van der Waals surface area contributed by atoms with Gasteiger partial charge in [0.05, 0.1) is 24.1 Å². The number of aromatic amines is 1. The van der Waals surface area contributed by atoms with E-state index in [2.05, 4.69) is 22.1 Å². The molecule has 1 aliphatic heterocycles. The Labute approximate surface area is 152 Å². The van der Waals surface area contributed by atoms with Gasteiger partial charge in [-0.2, -0.15) is 0 Å². The van der Waals surface area contributed by atoms with Gasteiger partial charge in [0, 0.05) is 17.3 Å². The maximum absolute atomic E-state index is 12.5. The second-order valence-corrected chi connectivity index (χ2v) is 6.69. The number of anilines is 1. The molecule has 132 valence electrons. The lowest BCUT2D eigenvalue weighted by atomic mass is 9.97. The van der Waals surface area contributed by atoms with Crippen molar-refractivity contribution >= 4 is 23.2 Å². The molecule has 0 spiro atoms. The number of aromatic nitrogens is 1. The van der Waals surface area contributed by atoms with E-state index in [4.69, 9.17) is 4.74 Å². The molecule has 4 rings (SSSR count). The van der Waals surface area contributed by atoms with Crippen LogP contribution in [0.15, 0.2) is 30.5 Å². The average Bonchev–Trinajstić information content (AvgIpc) is 3.34. The second-order valence-electron chi connectivity index (χ2n) is 6.69. The van der Waals surface area contributed by atoms with Gasteiger partial charge in [-0.05, 0) is 50.0 Å². The standard InChI is InChI=1S/C21H20N2O3/c1-26-18-8-12-22-17(18)13-15-19-14(5-4-6-16(19)23-20(15)24)7-11-21(25)9-2-3-10-21/h4-6,8,12-13,22,25H,2-3,9-10H2,1H3,(H,23,24)/b15-13-. The van der Waals surface area contributed by atoms with E-state index in [0.717, 1.165) is 35.3 Å². The number of fused-ring (bicyclic) bond motifs is 1. The summed E-state index contributed by atoms with van der Waals surface area (Å²) in [7, 11) is 1.59. The van der Waals surface area contributed by atoms with E-state index in [1.165, 1.54) is 0 Å². The van der Waals surface area contributed by atoms with E-state index in [-0.39, 0.29) is 5.91 Å². The molecule has 2 heterocycles. The Bertz CT molecular complexity index is 953. The first-order chi connectivity index (χ1) is 12.6. The zero-order valence-corrected chi connectivity index (χ0v) is 14.6. The Morgan fingerprint density at radius 3 is 2.85 bits per heavy atom. The number of methoxy groups -OCH3 is 1. The Morgan fingerprint density at radius 1 is 1.27 bits per heavy atom. The monoisotopic (exact) mass is 348 g/mol. The Hall–Kier alpha value is -2.97. The molecule has 1 aromatic heterocycles. The number of hydrogen-bond donors (Lipinski definition) is 3. The lowest BCUT2D eigenvalue weighted by Gasteiger charge is -2.13. The van der Waals surface area contributed by atoms with Gasteiger partial charge < -0.3 is 20.1 Å². The van der Waals surface area contributed by atoms with Gasteiger partial charge in [-0.15, -0.1) is 0 Å². The molecule has 1 fully saturated rings.